The summed E-state index contributed by atoms with van der Waals surface area (Å²) in [6.07, 6.45) is 4.14. The minimum atomic E-state index is 0. The van der Waals surface area contributed by atoms with Crippen LogP contribution in [0.2, 0.25) is 5.02 Å². The number of hydrogen-bond donors (Lipinski definition) is 2. The van der Waals surface area contributed by atoms with Crippen molar-refractivity contribution in [1.82, 2.24) is 15.3 Å². The predicted molar refractivity (Wildman–Crippen MR) is 103 cm³/mol. The van der Waals surface area contributed by atoms with Crippen LogP contribution in [0.3, 0.4) is 0 Å². The quantitative estimate of drug-likeness (QED) is 0.294. The van der Waals surface area contributed by atoms with Crippen LogP contribution in [0.4, 0.5) is 0 Å². The lowest BCUT2D eigenvalue weighted by Gasteiger charge is -2.08. The highest BCUT2D eigenvalue weighted by atomic mass is 127. The van der Waals surface area contributed by atoms with Gasteiger partial charge in [-0.25, -0.2) is 4.98 Å². The summed E-state index contributed by atoms with van der Waals surface area (Å²) in [6, 6.07) is 9.28. The molecule has 0 spiro atoms. The molecule has 6 nitrogen and oxygen atoms in total. The maximum Gasteiger partial charge on any atom is 0.232 e. The van der Waals surface area contributed by atoms with Gasteiger partial charge in [-0.3, -0.25) is 9.98 Å². The third-order valence-electron chi connectivity index (χ3n) is 2.75. The van der Waals surface area contributed by atoms with Gasteiger partial charge >= 0.3 is 0 Å². The molecule has 8 heteroatoms. The van der Waals surface area contributed by atoms with Crippen molar-refractivity contribution >= 4 is 41.5 Å². The third-order valence-corrected chi connectivity index (χ3v) is 3.04. The third kappa shape index (κ3) is 7.47. The number of nitrogens with two attached hydrogens (primary N) is 1. The van der Waals surface area contributed by atoms with Crippen LogP contribution in [0.5, 0.6) is 5.88 Å². The number of ether oxygens (including phenoxy) is 1. The molecule has 0 bridgehead atoms. The van der Waals surface area contributed by atoms with E-state index >= 15 is 0 Å². The Hall–Kier alpha value is -1.61. The van der Waals surface area contributed by atoms with E-state index in [1.807, 2.05) is 18.2 Å². The Balaban J connectivity index is 0.00000264. The summed E-state index contributed by atoms with van der Waals surface area (Å²) in [5, 5.41) is 3.46. The molecule has 0 aliphatic rings. The zero-order valence-corrected chi connectivity index (χ0v) is 15.6. The molecule has 2 heterocycles. The molecule has 0 aliphatic heterocycles. The number of rotatable bonds is 7. The van der Waals surface area contributed by atoms with Crippen molar-refractivity contribution in [2.75, 3.05) is 19.7 Å². The Morgan fingerprint density at radius 2 is 2.04 bits per heavy atom. The van der Waals surface area contributed by atoms with Crippen molar-refractivity contribution in [1.29, 1.82) is 0 Å². The molecular weight excluding hydrogens is 429 g/mol. The van der Waals surface area contributed by atoms with E-state index < -0.39 is 0 Å². The Kier molecular flexibility index (Phi) is 9.30. The van der Waals surface area contributed by atoms with Crippen molar-refractivity contribution in [2.24, 2.45) is 10.7 Å². The fourth-order valence-electron chi connectivity index (χ4n) is 1.70. The first-order chi connectivity index (χ1) is 10.8. The number of nitrogens with one attached hydrogen (secondary N) is 1. The lowest BCUT2D eigenvalue weighted by molar-refractivity contribution is 0.310. The van der Waals surface area contributed by atoms with Gasteiger partial charge in [0, 0.05) is 31.1 Å². The highest BCUT2D eigenvalue weighted by Gasteiger charge is 2.01. The largest absolute Gasteiger partial charge is 0.475 e. The topological polar surface area (TPSA) is 85.4 Å². The van der Waals surface area contributed by atoms with E-state index in [-0.39, 0.29) is 24.0 Å². The van der Waals surface area contributed by atoms with Gasteiger partial charge in [0.25, 0.3) is 0 Å². The first kappa shape index (κ1) is 19.4. The van der Waals surface area contributed by atoms with Gasteiger partial charge in [0.2, 0.25) is 5.88 Å². The van der Waals surface area contributed by atoms with Gasteiger partial charge in [-0.1, -0.05) is 17.7 Å². The molecule has 0 saturated heterocycles. The summed E-state index contributed by atoms with van der Waals surface area (Å²) < 4.78 is 5.43. The first-order valence-corrected chi connectivity index (χ1v) is 7.30. The van der Waals surface area contributed by atoms with Gasteiger partial charge in [-0.05, 0) is 24.3 Å². The fourth-order valence-corrected chi connectivity index (χ4v) is 1.87. The average Bonchev–Trinajstić information content (AvgIpc) is 2.54. The lowest BCUT2D eigenvalue weighted by Crippen LogP contribution is -2.35. The van der Waals surface area contributed by atoms with Crippen molar-refractivity contribution in [2.45, 2.75) is 6.42 Å². The van der Waals surface area contributed by atoms with Gasteiger partial charge in [0.15, 0.2) is 5.96 Å². The predicted octanol–water partition coefficient (Wildman–Crippen LogP) is 2.27. The molecule has 0 fully saturated rings. The smallest absolute Gasteiger partial charge is 0.232 e. The Morgan fingerprint density at radius 1 is 1.22 bits per heavy atom. The second-order valence-electron chi connectivity index (χ2n) is 4.40. The van der Waals surface area contributed by atoms with Crippen molar-refractivity contribution in [3.05, 3.63) is 53.4 Å². The van der Waals surface area contributed by atoms with Crippen molar-refractivity contribution < 1.29 is 4.74 Å². The zero-order valence-electron chi connectivity index (χ0n) is 12.5. The number of aromatic nitrogens is 2. The zero-order chi connectivity index (χ0) is 15.6. The highest BCUT2D eigenvalue weighted by molar-refractivity contribution is 14.0. The summed E-state index contributed by atoms with van der Waals surface area (Å²) in [5.41, 5.74) is 6.76. The molecular formula is C15H19ClIN5O. The first-order valence-electron chi connectivity index (χ1n) is 6.93. The van der Waals surface area contributed by atoms with E-state index in [1.54, 1.807) is 24.5 Å². The van der Waals surface area contributed by atoms with Crippen LogP contribution in [0.15, 0.2) is 47.7 Å². The number of guanidine groups is 1. The maximum atomic E-state index is 5.93. The number of hydrogen-bond acceptors (Lipinski definition) is 4. The molecule has 3 N–H and O–H groups in total. The minimum absolute atomic E-state index is 0. The Bertz CT molecular complexity index is 612. The Morgan fingerprint density at radius 3 is 2.78 bits per heavy atom. The summed E-state index contributed by atoms with van der Waals surface area (Å²) in [5.74, 6) is 0.795. The van der Waals surface area contributed by atoms with E-state index in [1.165, 1.54) is 0 Å². The SMILES string of the molecule is I.NC(=NCCc1ccccn1)NCCOc1ncccc1Cl. The van der Waals surface area contributed by atoms with Gasteiger partial charge in [-0.15, -0.1) is 24.0 Å². The number of halogens is 2. The van der Waals surface area contributed by atoms with Crippen LogP contribution in [0.25, 0.3) is 0 Å². The van der Waals surface area contributed by atoms with Crippen molar-refractivity contribution in [3.63, 3.8) is 0 Å². The van der Waals surface area contributed by atoms with Crippen LogP contribution in [0.1, 0.15) is 5.69 Å². The van der Waals surface area contributed by atoms with E-state index in [4.69, 9.17) is 22.1 Å². The molecule has 0 atom stereocenters. The second kappa shape index (κ2) is 11.0. The second-order valence-corrected chi connectivity index (χ2v) is 4.81. The molecule has 2 aromatic rings. The van der Waals surface area contributed by atoms with E-state index in [2.05, 4.69) is 20.3 Å². The van der Waals surface area contributed by atoms with E-state index in [9.17, 15) is 0 Å². The standard InChI is InChI=1S/C15H18ClN5O.HI/c16-13-5-3-8-19-14(13)22-11-10-21-15(17)20-9-6-12-4-1-2-7-18-12;/h1-5,7-8H,6,9-11H2,(H3,17,20,21);1H. The van der Waals surface area contributed by atoms with Gasteiger partial charge < -0.3 is 15.8 Å². The van der Waals surface area contributed by atoms with Gasteiger partial charge in [-0.2, -0.15) is 0 Å². The number of aliphatic imine (C=N–C) groups is 1. The molecule has 0 saturated carbocycles. The molecule has 23 heavy (non-hydrogen) atoms. The monoisotopic (exact) mass is 447 g/mol. The van der Waals surface area contributed by atoms with Gasteiger partial charge in [0.1, 0.15) is 11.6 Å². The van der Waals surface area contributed by atoms with Crippen molar-refractivity contribution in [3.8, 4) is 5.88 Å². The number of nitrogens with zero attached hydrogens (tertiary/aromatic N) is 3. The highest BCUT2D eigenvalue weighted by Crippen LogP contribution is 2.19. The van der Waals surface area contributed by atoms with Gasteiger partial charge in [0.05, 0.1) is 6.54 Å². The van der Waals surface area contributed by atoms with Crippen LogP contribution in [-0.4, -0.2) is 35.6 Å². The van der Waals surface area contributed by atoms with Crippen LogP contribution >= 0.6 is 35.6 Å². The maximum absolute atomic E-state index is 5.93. The average molecular weight is 448 g/mol. The summed E-state index contributed by atoms with van der Waals surface area (Å²) >= 11 is 5.93. The molecule has 0 aliphatic carbocycles. The molecule has 0 unspecified atom stereocenters. The summed E-state index contributed by atoms with van der Waals surface area (Å²) in [7, 11) is 0. The molecule has 124 valence electrons. The molecule has 0 radical (unpaired) electrons. The minimum Gasteiger partial charge on any atom is -0.475 e. The van der Waals surface area contributed by atoms with Crippen LogP contribution < -0.4 is 15.8 Å². The molecule has 2 aromatic heterocycles. The molecule has 0 aromatic carbocycles. The summed E-state index contributed by atoms with van der Waals surface area (Å²) in [4.78, 5) is 12.5. The molecule has 0 amide bonds. The van der Waals surface area contributed by atoms with E-state index in [0.29, 0.717) is 36.6 Å². The number of pyridine rings is 2. The van der Waals surface area contributed by atoms with Crippen LogP contribution in [0, 0.1) is 0 Å². The lowest BCUT2D eigenvalue weighted by atomic mass is 10.3. The summed E-state index contributed by atoms with van der Waals surface area (Å²) in [6.45, 7) is 1.50. The molecule has 2 rings (SSSR count). The van der Waals surface area contributed by atoms with E-state index in [0.717, 1.165) is 12.1 Å². The normalized spacial score (nSPS) is 10.7. The Labute approximate surface area is 157 Å². The fraction of sp³-hybridized carbons (Fsp3) is 0.267. The van der Waals surface area contributed by atoms with Crippen LogP contribution in [-0.2, 0) is 6.42 Å².